The van der Waals surface area contributed by atoms with E-state index in [1.54, 1.807) is 54.6 Å². The summed E-state index contributed by atoms with van der Waals surface area (Å²) < 4.78 is 97.9. The van der Waals surface area contributed by atoms with Gasteiger partial charge in [-0.2, -0.15) is 26.3 Å². The number of hydrogen-bond donors (Lipinski definition) is 1. The van der Waals surface area contributed by atoms with Gasteiger partial charge in [0.05, 0.1) is 0 Å². The standard InChI is InChI=1S/C21H18F6N3O4PS/c22-19(23,24)12-33-35(32,34-13-20(25,26)27)28-18(36)30-11-10-29-17(31)15-8-4-5-9-16(15)21(29,30)14-6-2-1-3-7-14/h1-9H,10-13H2,(H,28,32,36). The first-order valence-electron chi connectivity index (χ1n) is 10.4. The number of hydrogen-bond acceptors (Lipinski definition) is 5. The fourth-order valence-electron chi connectivity index (χ4n) is 4.31. The van der Waals surface area contributed by atoms with Crippen molar-refractivity contribution < 1.29 is 44.7 Å². The van der Waals surface area contributed by atoms with Crippen molar-refractivity contribution in [2.24, 2.45) is 0 Å². The molecule has 1 unspecified atom stereocenters. The van der Waals surface area contributed by atoms with E-state index < -0.39 is 44.1 Å². The summed E-state index contributed by atoms with van der Waals surface area (Å²) in [6, 6.07) is 15.1. The van der Waals surface area contributed by atoms with Crippen LogP contribution in [0.15, 0.2) is 54.6 Å². The molecule has 194 valence electrons. The van der Waals surface area contributed by atoms with Crippen molar-refractivity contribution in [3.05, 3.63) is 71.3 Å². The maximum absolute atomic E-state index is 13.2. The van der Waals surface area contributed by atoms with Crippen LogP contribution in [0.5, 0.6) is 0 Å². The van der Waals surface area contributed by atoms with Crippen molar-refractivity contribution in [1.29, 1.82) is 0 Å². The molecular formula is C21H18F6N3O4PS. The molecule has 0 aliphatic carbocycles. The maximum atomic E-state index is 13.2. The highest BCUT2D eigenvalue weighted by molar-refractivity contribution is 7.81. The number of fused-ring (bicyclic) bond motifs is 3. The van der Waals surface area contributed by atoms with Crippen molar-refractivity contribution in [2.75, 3.05) is 26.3 Å². The van der Waals surface area contributed by atoms with Gasteiger partial charge in [0.1, 0.15) is 0 Å². The topological polar surface area (TPSA) is 71.1 Å². The largest absolute Gasteiger partial charge is 0.435 e. The van der Waals surface area contributed by atoms with Gasteiger partial charge in [0.15, 0.2) is 24.0 Å². The second-order valence-electron chi connectivity index (χ2n) is 7.88. The molecule has 1 N–H and O–H groups in total. The number of amides is 1. The monoisotopic (exact) mass is 553 g/mol. The Morgan fingerprint density at radius 3 is 2.08 bits per heavy atom. The number of nitrogens with one attached hydrogen (secondary N) is 1. The van der Waals surface area contributed by atoms with Gasteiger partial charge in [-0.05, 0) is 18.3 Å². The van der Waals surface area contributed by atoms with Crippen LogP contribution in [0.1, 0.15) is 21.5 Å². The molecule has 15 heteroatoms. The SMILES string of the molecule is O=C1c2ccccc2C2(c3ccccc3)N1CCN2C(=S)NP(=O)(OCC(F)(F)F)OCC(F)(F)F. The second kappa shape index (κ2) is 9.33. The Balaban J connectivity index is 1.73. The number of thiocarbonyl (C=S) groups is 1. The summed E-state index contributed by atoms with van der Waals surface area (Å²) in [7, 11) is -5.25. The van der Waals surface area contributed by atoms with Gasteiger partial charge in [-0.15, -0.1) is 0 Å². The Bertz CT molecular complexity index is 1190. The first-order valence-corrected chi connectivity index (χ1v) is 12.3. The second-order valence-corrected chi connectivity index (χ2v) is 10.0. The van der Waals surface area contributed by atoms with Crippen molar-refractivity contribution in [3.8, 4) is 0 Å². The molecule has 4 rings (SSSR count). The summed E-state index contributed by atoms with van der Waals surface area (Å²) in [5.41, 5.74) is -0.00580. The minimum Gasteiger partial charge on any atom is -0.316 e. The first kappa shape index (κ1) is 26.4. The van der Waals surface area contributed by atoms with Crippen LogP contribution in [0.3, 0.4) is 0 Å². The molecule has 1 amide bonds. The van der Waals surface area contributed by atoms with Crippen LogP contribution in [0.25, 0.3) is 0 Å². The number of carbonyl (C=O) groups excluding carboxylic acids is 1. The molecule has 2 aromatic rings. The molecule has 0 bridgehead atoms. The van der Waals surface area contributed by atoms with Crippen LogP contribution in [0.4, 0.5) is 26.3 Å². The number of carbonyl (C=O) groups is 1. The van der Waals surface area contributed by atoms with E-state index in [2.05, 4.69) is 9.05 Å². The van der Waals surface area contributed by atoms with Gasteiger partial charge in [0.25, 0.3) is 5.91 Å². The molecule has 1 fully saturated rings. The van der Waals surface area contributed by atoms with E-state index in [-0.39, 0.29) is 19.0 Å². The van der Waals surface area contributed by atoms with Gasteiger partial charge >= 0.3 is 20.1 Å². The maximum Gasteiger partial charge on any atom is 0.435 e. The zero-order chi connectivity index (χ0) is 26.4. The summed E-state index contributed by atoms with van der Waals surface area (Å²) in [6.45, 7) is -4.15. The van der Waals surface area contributed by atoms with Crippen LogP contribution in [0, 0.1) is 0 Å². The Kier molecular flexibility index (Phi) is 6.84. The third-order valence-corrected chi connectivity index (χ3v) is 7.45. The van der Waals surface area contributed by atoms with Crippen molar-refractivity contribution in [3.63, 3.8) is 0 Å². The summed E-state index contributed by atoms with van der Waals surface area (Å²) in [5.74, 6) is -0.343. The van der Waals surface area contributed by atoms with Gasteiger partial charge in [0, 0.05) is 29.8 Å². The molecular weight excluding hydrogens is 535 g/mol. The van der Waals surface area contributed by atoms with E-state index in [0.717, 1.165) is 0 Å². The van der Waals surface area contributed by atoms with Crippen molar-refractivity contribution in [2.45, 2.75) is 18.0 Å². The highest BCUT2D eigenvalue weighted by Gasteiger charge is 2.59. The van der Waals surface area contributed by atoms with E-state index in [0.29, 0.717) is 16.7 Å². The molecule has 1 saturated heterocycles. The average Bonchev–Trinajstić information content (AvgIpc) is 3.32. The Labute approximate surface area is 206 Å². The molecule has 2 aliphatic rings. The number of nitrogens with zero attached hydrogens (tertiary/aromatic N) is 2. The fourth-order valence-corrected chi connectivity index (χ4v) is 6.06. The van der Waals surface area contributed by atoms with E-state index >= 15 is 0 Å². The van der Waals surface area contributed by atoms with Gasteiger partial charge in [0.2, 0.25) is 0 Å². The van der Waals surface area contributed by atoms with Crippen LogP contribution in [-0.2, 0) is 19.3 Å². The molecule has 0 saturated carbocycles. The lowest BCUT2D eigenvalue weighted by atomic mass is 9.90. The molecule has 2 aliphatic heterocycles. The molecule has 2 heterocycles. The summed E-state index contributed by atoms with van der Waals surface area (Å²) in [6.07, 6.45) is -10.0. The average molecular weight is 553 g/mol. The summed E-state index contributed by atoms with van der Waals surface area (Å²) in [4.78, 5) is 16.1. The molecule has 0 aromatic heterocycles. The third kappa shape index (κ3) is 4.95. The number of alkyl halides is 6. The van der Waals surface area contributed by atoms with Gasteiger partial charge in [-0.1, -0.05) is 48.5 Å². The Morgan fingerprint density at radius 2 is 1.50 bits per heavy atom. The predicted octanol–water partition coefficient (Wildman–Crippen LogP) is 4.80. The van der Waals surface area contributed by atoms with Gasteiger partial charge in [-0.3, -0.25) is 18.9 Å². The number of benzene rings is 2. The zero-order valence-electron chi connectivity index (χ0n) is 18.2. The third-order valence-electron chi connectivity index (χ3n) is 5.56. The highest BCUT2D eigenvalue weighted by atomic mass is 32.1. The van der Waals surface area contributed by atoms with Gasteiger partial charge in [-0.25, -0.2) is 4.57 Å². The lowest BCUT2D eigenvalue weighted by Crippen LogP contribution is -2.54. The smallest absolute Gasteiger partial charge is 0.316 e. The van der Waals surface area contributed by atoms with Crippen LogP contribution >= 0.6 is 20.0 Å². The van der Waals surface area contributed by atoms with Gasteiger partial charge < -0.3 is 9.80 Å². The Hall–Kier alpha value is -2.67. The quantitative estimate of drug-likeness (QED) is 0.313. The van der Waals surface area contributed by atoms with E-state index in [1.165, 1.54) is 9.80 Å². The Morgan fingerprint density at radius 1 is 0.944 bits per heavy atom. The highest BCUT2D eigenvalue weighted by Crippen LogP contribution is 2.52. The lowest BCUT2D eigenvalue weighted by Gasteiger charge is -2.42. The molecule has 2 aromatic carbocycles. The number of halogens is 6. The minimum absolute atomic E-state index is 0.0271. The van der Waals surface area contributed by atoms with E-state index in [1.807, 2.05) is 5.09 Å². The number of rotatable bonds is 6. The van der Waals surface area contributed by atoms with Crippen molar-refractivity contribution in [1.82, 2.24) is 14.9 Å². The fraction of sp³-hybridized carbons (Fsp3) is 0.333. The summed E-state index contributed by atoms with van der Waals surface area (Å²) >= 11 is 5.32. The van der Waals surface area contributed by atoms with E-state index in [9.17, 15) is 35.7 Å². The van der Waals surface area contributed by atoms with Crippen LogP contribution in [0.2, 0.25) is 0 Å². The first-order chi connectivity index (χ1) is 16.8. The molecule has 7 nitrogen and oxygen atoms in total. The molecule has 0 radical (unpaired) electrons. The molecule has 36 heavy (non-hydrogen) atoms. The molecule has 0 spiro atoms. The summed E-state index contributed by atoms with van der Waals surface area (Å²) in [5, 5.41) is 1.45. The van der Waals surface area contributed by atoms with E-state index in [4.69, 9.17) is 12.2 Å². The minimum atomic E-state index is -5.25. The van der Waals surface area contributed by atoms with Crippen LogP contribution < -0.4 is 5.09 Å². The normalized spacial score (nSPS) is 19.9. The lowest BCUT2D eigenvalue weighted by molar-refractivity contribution is -0.165. The zero-order valence-corrected chi connectivity index (χ0v) is 19.9. The molecule has 1 atom stereocenters. The van der Waals surface area contributed by atoms with Crippen LogP contribution in [-0.4, -0.2) is 59.5 Å². The van der Waals surface area contributed by atoms with Crippen molar-refractivity contribution >= 4 is 31.0 Å². The predicted molar refractivity (Wildman–Crippen MR) is 119 cm³/mol.